The van der Waals surface area contributed by atoms with Gasteiger partial charge in [0.15, 0.2) is 0 Å². The molecule has 0 bridgehead atoms. The van der Waals surface area contributed by atoms with Crippen molar-refractivity contribution in [3.8, 4) is 0 Å². The first-order chi connectivity index (χ1) is 14.5. The summed E-state index contributed by atoms with van der Waals surface area (Å²) in [5.41, 5.74) is 0.257. The number of halogens is 4. The summed E-state index contributed by atoms with van der Waals surface area (Å²) >= 11 is 0. The molecule has 0 aliphatic rings. The maximum Gasteiger partial charge on any atom is 0.433 e. The molecular weight excluding hydrogens is 412 g/mol. The number of rotatable bonds is 8. The molecule has 31 heavy (non-hydrogen) atoms. The number of carbonyl (C=O) groups is 1. The summed E-state index contributed by atoms with van der Waals surface area (Å²) in [5.74, 6) is -0.862. The van der Waals surface area contributed by atoms with Crippen LogP contribution >= 0.6 is 0 Å². The number of nitrogens with zero attached hydrogens (tertiary/aromatic N) is 1. The van der Waals surface area contributed by atoms with Crippen molar-refractivity contribution in [2.75, 3.05) is 17.7 Å². The number of aromatic nitrogens is 1. The Balaban J connectivity index is 2.17. The lowest BCUT2D eigenvalue weighted by molar-refractivity contribution is -0.141. The van der Waals surface area contributed by atoms with Crippen molar-refractivity contribution in [1.82, 2.24) is 10.3 Å². The second kappa shape index (κ2) is 10.3. The zero-order valence-corrected chi connectivity index (χ0v) is 17.8. The maximum absolute atomic E-state index is 13.9. The van der Waals surface area contributed by atoms with E-state index in [-0.39, 0.29) is 11.9 Å². The number of alkyl halides is 3. The number of anilines is 2. The zero-order valence-electron chi connectivity index (χ0n) is 17.8. The van der Waals surface area contributed by atoms with Gasteiger partial charge in [0.05, 0.1) is 11.7 Å². The topological polar surface area (TPSA) is 66.0 Å². The third kappa shape index (κ3) is 6.70. The van der Waals surface area contributed by atoms with E-state index in [0.29, 0.717) is 23.2 Å². The van der Waals surface area contributed by atoms with Crippen molar-refractivity contribution >= 4 is 23.5 Å². The van der Waals surface area contributed by atoms with E-state index in [0.717, 1.165) is 6.07 Å². The molecule has 0 spiro atoms. The minimum Gasteiger partial charge on any atom is -0.386 e. The molecule has 5 nitrogen and oxygen atoms in total. The molecule has 1 heterocycles. The third-order valence-electron chi connectivity index (χ3n) is 4.75. The van der Waals surface area contributed by atoms with Crippen LogP contribution in [-0.2, 0) is 11.0 Å². The van der Waals surface area contributed by atoms with Gasteiger partial charge < -0.3 is 16.0 Å². The first-order valence-corrected chi connectivity index (χ1v) is 9.85. The van der Waals surface area contributed by atoms with E-state index in [2.05, 4.69) is 20.9 Å². The molecule has 1 aromatic carbocycles. The predicted octanol–water partition coefficient (Wildman–Crippen LogP) is 5.38. The average molecular weight is 438 g/mol. The number of carbonyl (C=O) groups excluding carboxylic acids is 1. The summed E-state index contributed by atoms with van der Waals surface area (Å²) in [6, 6.07) is 6.15. The Morgan fingerprint density at radius 3 is 2.48 bits per heavy atom. The van der Waals surface area contributed by atoms with Crippen LogP contribution in [0.4, 0.5) is 29.1 Å². The van der Waals surface area contributed by atoms with Crippen LogP contribution in [0, 0.1) is 5.82 Å². The number of amides is 1. The zero-order chi connectivity index (χ0) is 23.2. The van der Waals surface area contributed by atoms with Crippen LogP contribution in [0.1, 0.15) is 50.1 Å². The van der Waals surface area contributed by atoms with Gasteiger partial charge in [-0.25, -0.2) is 9.37 Å². The number of nitrogens with one attached hydrogen (secondary N) is 3. The van der Waals surface area contributed by atoms with Crippen LogP contribution in [0.3, 0.4) is 0 Å². The van der Waals surface area contributed by atoms with E-state index in [1.165, 1.54) is 24.3 Å². The molecule has 0 radical (unpaired) electrons. The third-order valence-corrected chi connectivity index (χ3v) is 4.75. The van der Waals surface area contributed by atoms with Gasteiger partial charge in [0, 0.05) is 24.7 Å². The monoisotopic (exact) mass is 438 g/mol. The molecule has 2 unspecified atom stereocenters. The van der Waals surface area contributed by atoms with Crippen molar-refractivity contribution in [3.63, 3.8) is 0 Å². The molecule has 2 aromatic rings. The quantitative estimate of drug-likeness (QED) is 0.382. The molecular formula is C22H26F4N4O. The predicted molar refractivity (Wildman–Crippen MR) is 114 cm³/mol. The van der Waals surface area contributed by atoms with Crippen molar-refractivity contribution < 1.29 is 22.4 Å². The van der Waals surface area contributed by atoms with Gasteiger partial charge in [-0.15, -0.1) is 0 Å². The number of hydrogen-bond acceptors (Lipinski definition) is 4. The maximum atomic E-state index is 13.9. The lowest BCUT2D eigenvalue weighted by atomic mass is 10.1. The van der Waals surface area contributed by atoms with Crippen molar-refractivity contribution in [2.24, 2.45) is 0 Å². The molecule has 3 N–H and O–H groups in total. The van der Waals surface area contributed by atoms with Crippen LogP contribution < -0.4 is 16.0 Å². The fourth-order valence-electron chi connectivity index (χ4n) is 2.73. The summed E-state index contributed by atoms with van der Waals surface area (Å²) in [5, 5.41) is 8.36. The molecule has 9 heteroatoms. The number of benzene rings is 1. The largest absolute Gasteiger partial charge is 0.433 e. The van der Waals surface area contributed by atoms with E-state index < -0.39 is 29.6 Å². The molecule has 1 aromatic heterocycles. The van der Waals surface area contributed by atoms with Crippen LogP contribution in [0.15, 0.2) is 36.4 Å². The van der Waals surface area contributed by atoms with Gasteiger partial charge in [0.1, 0.15) is 17.3 Å². The minimum absolute atomic E-state index is 0.0472. The summed E-state index contributed by atoms with van der Waals surface area (Å²) < 4.78 is 53.0. The lowest BCUT2D eigenvalue weighted by Gasteiger charge is -2.16. The Morgan fingerprint density at radius 1 is 1.19 bits per heavy atom. The molecule has 0 aliphatic heterocycles. The van der Waals surface area contributed by atoms with E-state index in [1.54, 1.807) is 26.1 Å². The van der Waals surface area contributed by atoms with Gasteiger partial charge in [-0.1, -0.05) is 13.0 Å². The molecule has 0 saturated heterocycles. The standard InChI is InChI=1S/C22H26F4N4O/c1-5-13(2)28-21-15(7-10-19(30-21)22(24,25)26)8-11-20(31)29-14(3)16-6-9-18(27-4)17(23)12-16/h6-14,27H,5H2,1-4H3,(H,28,30)(H,29,31)/b11-8+. The highest BCUT2D eigenvalue weighted by molar-refractivity contribution is 5.92. The van der Waals surface area contributed by atoms with E-state index in [9.17, 15) is 22.4 Å². The highest BCUT2D eigenvalue weighted by Crippen LogP contribution is 2.30. The number of pyridine rings is 1. The second-order valence-electron chi connectivity index (χ2n) is 7.14. The Bertz CT molecular complexity index is 944. The summed E-state index contributed by atoms with van der Waals surface area (Å²) in [7, 11) is 1.61. The Morgan fingerprint density at radius 2 is 1.90 bits per heavy atom. The van der Waals surface area contributed by atoms with E-state index in [1.807, 2.05) is 13.8 Å². The first kappa shape index (κ1) is 24.2. The SMILES string of the molecule is CCC(C)Nc1nc(C(F)(F)F)ccc1/C=C/C(=O)NC(C)c1ccc(NC)c(F)c1. The molecule has 0 saturated carbocycles. The molecule has 0 aliphatic carbocycles. The molecule has 0 fully saturated rings. The van der Waals surface area contributed by atoms with E-state index in [4.69, 9.17) is 0 Å². The Kier molecular flexibility index (Phi) is 8.01. The summed E-state index contributed by atoms with van der Waals surface area (Å²) in [6.45, 7) is 5.42. The van der Waals surface area contributed by atoms with Gasteiger partial charge in [0.25, 0.3) is 0 Å². The van der Waals surface area contributed by atoms with Crippen LogP contribution in [0.5, 0.6) is 0 Å². The lowest BCUT2D eigenvalue weighted by Crippen LogP contribution is -2.24. The van der Waals surface area contributed by atoms with Gasteiger partial charge in [0.2, 0.25) is 5.91 Å². The molecule has 2 atom stereocenters. The smallest absolute Gasteiger partial charge is 0.386 e. The average Bonchev–Trinajstić information content (AvgIpc) is 2.71. The molecule has 2 rings (SSSR count). The van der Waals surface area contributed by atoms with Gasteiger partial charge in [-0.3, -0.25) is 4.79 Å². The fraction of sp³-hybridized carbons (Fsp3) is 0.364. The van der Waals surface area contributed by atoms with Crippen molar-refractivity contribution in [2.45, 2.75) is 45.5 Å². The normalized spacial score (nSPS) is 13.7. The van der Waals surface area contributed by atoms with Gasteiger partial charge in [-0.2, -0.15) is 13.2 Å². The minimum atomic E-state index is -4.57. The van der Waals surface area contributed by atoms with Crippen LogP contribution in [0.2, 0.25) is 0 Å². The Labute approximate surface area is 179 Å². The van der Waals surface area contributed by atoms with Crippen molar-refractivity contribution in [3.05, 3.63) is 59.0 Å². The highest BCUT2D eigenvalue weighted by Gasteiger charge is 2.33. The van der Waals surface area contributed by atoms with E-state index >= 15 is 0 Å². The number of hydrogen-bond donors (Lipinski definition) is 3. The van der Waals surface area contributed by atoms with Crippen molar-refractivity contribution in [1.29, 1.82) is 0 Å². The van der Waals surface area contributed by atoms with Crippen LogP contribution in [0.25, 0.3) is 6.08 Å². The first-order valence-electron chi connectivity index (χ1n) is 9.85. The van der Waals surface area contributed by atoms with Gasteiger partial charge in [-0.05, 0) is 56.2 Å². The molecule has 1 amide bonds. The second-order valence-corrected chi connectivity index (χ2v) is 7.14. The summed E-state index contributed by atoms with van der Waals surface area (Å²) in [4.78, 5) is 16.0. The Hall–Kier alpha value is -3.10. The van der Waals surface area contributed by atoms with Crippen LogP contribution in [-0.4, -0.2) is 24.0 Å². The highest BCUT2D eigenvalue weighted by atomic mass is 19.4. The molecule has 168 valence electrons. The van der Waals surface area contributed by atoms with Gasteiger partial charge >= 0.3 is 6.18 Å². The fourth-order valence-corrected chi connectivity index (χ4v) is 2.73. The summed E-state index contributed by atoms with van der Waals surface area (Å²) in [6.07, 6.45) is -1.29.